The topological polar surface area (TPSA) is 92.5 Å². The largest absolute Gasteiger partial charge is 0.351 e. The van der Waals surface area contributed by atoms with Crippen LogP contribution >= 0.6 is 0 Å². The van der Waals surface area contributed by atoms with Crippen molar-refractivity contribution in [2.75, 3.05) is 13.6 Å². The van der Waals surface area contributed by atoms with Gasteiger partial charge < -0.3 is 11.1 Å². The zero-order valence-electron chi connectivity index (χ0n) is 12.0. The molecular weight excluding hydrogens is 278 g/mol. The maximum absolute atomic E-state index is 12.2. The van der Waals surface area contributed by atoms with E-state index < -0.39 is 10.0 Å². The van der Waals surface area contributed by atoms with Crippen molar-refractivity contribution in [1.82, 2.24) is 9.62 Å². The van der Waals surface area contributed by atoms with Crippen LogP contribution in [0.5, 0.6) is 0 Å². The van der Waals surface area contributed by atoms with E-state index in [1.54, 1.807) is 19.2 Å². The number of benzene rings is 1. The van der Waals surface area contributed by atoms with Crippen molar-refractivity contribution < 1.29 is 13.2 Å². The second-order valence-corrected chi connectivity index (χ2v) is 6.74. The van der Waals surface area contributed by atoms with Gasteiger partial charge in [0, 0.05) is 19.6 Å². The second kappa shape index (κ2) is 6.83. The lowest BCUT2D eigenvalue weighted by Gasteiger charge is -2.21. The van der Waals surface area contributed by atoms with Gasteiger partial charge in [0.05, 0.1) is 11.4 Å². The molecule has 0 radical (unpaired) electrons. The summed E-state index contributed by atoms with van der Waals surface area (Å²) in [5.41, 5.74) is 6.00. The van der Waals surface area contributed by atoms with E-state index in [1.165, 1.54) is 16.4 Å². The quantitative estimate of drug-likeness (QED) is 0.789. The van der Waals surface area contributed by atoms with E-state index in [4.69, 9.17) is 5.73 Å². The lowest BCUT2D eigenvalue weighted by atomic mass is 10.2. The van der Waals surface area contributed by atoms with Crippen LogP contribution in [0.25, 0.3) is 0 Å². The van der Waals surface area contributed by atoms with Gasteiger partial charge in [-0.25, -0.2) is 8.42 Å². The van der Waals surface area contributed by atoms with Crippen LogP contribution in [-0.4, -0.2) is 38.3 Å². The number of carbonyl (C=O) groups excluding carboxylic acids is 1. The molecule has 1 aromatic carbocycles. The van der Waals surface area contributed by atoms with Crippen molar-refractivity contribution in [2.24, 2.45) is 5.73 Å². The van der Waals surface area contributed by atoms with Gasteiger partial charge in [0.15, 0.2) is 0 Å². The predicted molar refractivity (Wildman–Crippen MR) is 77.4 cm³/mol. The van der Waals surface area contributed by atoms with Gasteiger partial charge in [-0.15, -0.1) is 0 Å². The third-order valence-electron chi connectivity index (χ3n) is 3.00. The smallest absolute Gasteiger partial charge is 0.243 e. The van der Waals surface area contributed by atoms with E-state index >= 15 is 0 Å². The van der Waals surface area contributed by atoms with Gasteiger partial charge in [0.1, 0.15) is 0 Å². The Labute approximate surface area is 120 Å². The highest BCUT2D eigenvalue weighted by Gasteiger charge is 2.22. The van der Waals surface area contributed by atoms with Gasteiger partial charge in [-0.05, 0) is 31.5 Å². The van der Waals surface area contributed by atoms with Crippen LogP contribution in [0.2, 0.25) is 0 Å². The molecule has 6 nitrogen and oxygen atoms in total. The molecule has 112 valence electrons. The van der Waals surface area contributed by atoms with E-state index in [-0.39, 0.29) is 23.4 Å². The first-order valence-electron chi connectivity index (χ1n) is 6.32. The van der Waals surface area contributed by atoms with Gasteiger partial charge in [-0.2, -0.15) is 4.31 Å². The Hall–Kier alpha value is -1.44. The molecule has 0 atom stereocenters. The third kappa shape index (κ3) is 4.03. The zero-order valence-corrected chi connectivity index (χ0v) is 12.8. The van der Waals surface area contributed by atoms with Gasteiger partial charge in [0.2, 0.25) is 15.9 Å². The fourth-order valence-electron chi connectivity index (χ4n) is 1.50. The molecule has 1 aromatic rings. The molecule has 1 amide bonds. The van der Waals surface area contributed by atoms with Crippen LogP contribution in [0.15, 0.2) is 29.2 Å². The molecule has 0 fully saturated rings. The monoisotopic (exact) mass is 299 g/mol. The van der Waals surface area contributed by atoms with E-state index in [9.17, 15) is 13.2 Å². The second-order valence-electron chi connectivity index (χ2n) is 4.74. The molecule has 0 saturated heterocycles. The van der Waals surface area contributed by atoms with Crippen molar-refractivity contribution in [3.63, 3.8) is 0 Å². The third-order valence-corrected chi connectivity index (χ3v) is 5.05. The molecule has 0 aliphatic heterocycles. The number of hydrogen-bond acceptors (Lipinski definition) is 4. The maximum atomic E-state index is 12.2. The van der Waals surface area contributed by atoms with Gasteiger partial charge in [-0.3, -0.25) is 4.79 Å². The summed E-state index contributed by atoms with van der Waals surface area (Å²) < 4.78 is 25.8. The average Bonchev–Trinajstić information content (AvgIpc) is 2.44. The van der Waals surface area contributed by atoms with E-state index in [0.717, 1.165) is 5.56 Å². The Balaban J connectivity index is 2.83. The van der Waals surface area contributed by atoms with Crippen molar-refractivity contribution >= 4 is 15.9 Å². The molecule has 0 unspecified atom stereocenters. The zero-order chi connectivity index (χ0) is 15.3. The fraction of sp³-hybridized carbons (Fsp3) is 0.462. The van der Waals surface area contributed by atoms with E-state index in [1.807, 2.05) is 13.8 Å². The average molecular weight is 299 g/mol. The number of nitrogens with zero attached hydrogens (tertiary/aromatic N) is 1. The van der Waals surface area contributed by atoms with E-state index in [2.05, 4.69) is 5.32 Å². The van der Waals surface area contributed by atoms with Gasteiger partial charge in [0.25, 0.3) is 0 Å². The molecule has 0 saturated carbocycles. The molecule has 7 heteroatoms. The molecule has 0 heterocycles. The molecule has 0 aliphatic carbocycles. The summed E-state index contributed by atoms with van der Waals surface area (Å²) in [6.45, 7) is 3.89. The maximum Gasteiger partial charge on any atom is 0.243 e. The summed E-state index contributed by atoms with van der Waals surface area (Å²) in [6.07, 6.45) is 0. The molecule has 0 bridgehead atoms. The highest BCUT2D eigenvalue weighted by molar-refractivity contribution is 7.89. The highest BCUT2D eigenvalue weighted by Crippen LogP contribution is 2.17. The summed E-state index contributed by atoms with van der Waals surface area (Å²) in [4.78, 5) is 11.3. The molecule has 1 rings (SSSR count). The number of sulfonamides is 1. The first kappa shape index (κ1) is 16.6. The molecular formula is C13H21N3O3S. The van der Waals surface area contributed by atoms with Gasteiger partial charge >= 0.3 is 0 Å². The van der Waals surface area contributed by atoms with Gasteiger partial charge in [-0.1, -0.05) is 12.1 Å². The van der Waals surface area contributed by atoms with Crippen LogP contribution in [0.1, 0.15) is 19.4 Å². The van der Waals surface area contributed by atoms with Crippen LogP contribution in [0.4, 0.5) is 0 Å². The fourth-order valence-corrected chi connectivity index (χ4v) is 2.86. The Morgan fingerprint density at radius 2 is 1.85 bits per heavy atom. The van der Waals surface area contributed by atoms with Crippen LogP contribution in [-0.2, 0) is 21.4 Å². The van der Waals surface area contributed by atoms with Crippen molar-refractivity contribution in [3.05, 3.63) is 29.8 Å². The lowest BCUT2D eigenvalue weighted by Crippen LogP contribution is -2.33. The van der Waals surface area contributed by atoms with E-state index in [0.29, 0.717) is 6.54 Å². The van der Waals surface area contributed by atoms with Crippen molar-refractivity contribution in [2.45, 2.75) is 31.3 Å². The minimum atomic E-state index is -3.46. The SMILES string of the molecule is CC(C)N(C)S(=O)(=O)c1ccc(CNC(=O)CN)cc1. The Morgan fingerprint density at radius 3 is 2.30 bits per heavy atom. The van der Waals surface area contributed by atoms with Crippen LogP contribution in [0, 0.1) is 0 Å². The van der Waals surface area contributed by atoms with Crippen LogP contribution < -0.4 is 11.1 Å². The number of nitrogens with one attached hydrogen (secondary N) is 1. The number of rotatable bonds is 6. The number of hydrogen-bond donors (Lipinski definition) is 2. The van der Waals surface area contributed by atoms with Crippen molar-refractivity contribution in [1.29, 1.82) is 0 Å². The minimum absolute atomic E-state index is 0.0638. The predicted octanol–water partition coefficient (Wildman–Crippen LogP) is 0.290. The standard InChI is InChI=1S/C13H21N3O3S/c1-10(2)16(3)20(18,19)12-6-4-11(5-7-12)9-15-13(17)8-14/h4-7,10H,8-9,14H2,1-3H3,(H,15,17). The number of amides is 1. The highest BCUT2D eigenvalue weighted by atomic mass is 32.2. The summed E-state index contributed by atoms with van der Waals surface area (Å²) in [6, 6.07) is 6.33. The molecule has 0 aliphatic rings. The summed E-state index contributed by atoms with van der Waals surface area (Å²) in [7, 11) is -1.91. The normalized spacial score (nSPS) is 11.9. The van der Waals surface area contributed by atoms with Crippen molar-refractivity contribution in [3.8, 4) is 0 Å². The number of nitrogens with two attached hydrogens (primary N) is 1. The summed E-state index contributed by atoms with van der Waals surface area (Å²) in [5.74, 6) is -0.249. The Morgan fingerprint density at radius 1 is 1.30 bits per heavy atom. The molecule has 0 aromatic heterocycles. The summed E-state index contributed by atoms with van der Waals surface area (Å²) in [5, 5.41) is 2.62. The molecule has 20 heavy (non-hydrogen) atoms. The van der Waals surface area contributed by atoms with Crippen LogP contribution in [0.3, 0.4) is 0 Å². The first-order chi connectivity index (χ1) is 9.28. The summed E-state index contributed by atoms with van der Waals surface area (Å²) >= 11 is 0. The minimum Gasteiger partial charge on any atom is -0.351 e. The molecule has 3 N–H and O–H groups in total. The first-order valence-corrected chi connectivity index (χ1v) is 7.76. The molecule has 0 spiro atoms. The Bertz CT molecular complexity index is 553. The Kier molecular flexibility index (Phi) is 5.67. The lowest BCUT2D eigenvalue weighted by molar-refractivity contribution is -0.119. The number of carbonyl (C=O) groups is 1.